The number of benzene rings is 1. The van der Waals surface area contributed by atoms with Crippen molar-refractivity contribution in [3.63, 3.8) is 0 Å². The van der Waals surface area contributed by atoms with Gasteiger partial charge in [-0.25, -0.2) is 4.39 Å². The summed E-state index contributed by atoms with van der Waals surface area (Å²) in [7, 11) is 0. The Balaban J connectivity index is 1.72. The van der Waals surface area contributed by atoms with Gasteiger partial charge in [0.05, 0.1) is 5.92 Å². The number of nitrogens with zero attached hydrogens (tertiary/aromatic N) is 3. The molecule has 2 unspecified atom stereocenters. The van der Waals surface area contributed by atoms with E-state index in [2.05, 4.69) is 10.1 Å². The lowest BCUT2D eigenvalue weighted by Crippen LogP contribution is -2.41. The molecule has 0 radical (unpaired) electrons. The Kier molecular flexibility index (Phi) is 4.92. The molecule has 0 aliphatic carbocycles. The number of hydrogen-bond donors (Lipinski definition) is 0. The first-order valence-electron chi connectivity index (χ1n) is 8.46. The molecule has 0 saturated carbocycles. The van der Waals surface area contributed by atoms with Gasteiger partial charge in [0.25, 0.3) is 0 Å². The SMILES string of the molecule is CCC(C)C(=O)N1CCCC(c2nc(-c3ccc(F)cc3)no2)C1. The lowest BCUT2D eigenvalue weighted by Gasteiger charge is -2.32. The van der Waals surface area contributed by atoms with Crippen molar-refractivity contribution in [2.75, 3.05) is 13.1 Å². The van der Waals surface area contributed by atoms with Gasteiger partial charge in [0.2, 0.25) is 17.6 Å². The molecule has 1 amide bonds. The van der Waals surface area contributed by atoms with E-state index in [1.807, 2.05) is 18.7 Å². The second-order valence-electron chi connectivity index (χ2n) is 6.40. The zero-order valence-electron chi connectivity index (χ0n) is 14.0. The van der Waals surface area contributed by atoms with Crippen molar-refractivity contribution in [1.29, 1.82) is 0 Å². The molecule has 1 saturated heterocycles. The third-order valence-electron chi connectivity index (χ3n) is 4.66. The molecule has 0 spiro atoms. The second kappa shape index (κ2) is 7.11. The van der Waals surface area contributed by atoms with Gasteiger partial charge in [-0.05, 0) is 43.5 Å². The van der Waals surface area contributed by atoms with Crippen molar-refractivity contribution >= 4 is 5.91 Å². The highest BCUT2D eigenvalue weighted by Crippen LogP contribution is 2.28. The highest BCUT2D eigenvalue weighted by Gasteiger charge is 2.30. The quantitative estimate of drug-likeness (QED) is 0.858. The summed E-state index contributed by atoms with van der Waals surface area (Å²) in [5, 5.41) is 4.00. The number of piperidine rings is 1. The normalized spacial score (nSPS) is 19.3. The number of carbonyl (C=O) groups is 1. The highest BCUT2D eigenvalue weighted by molar-refractivity contribution is 5.78. The number of carbonyl (C=O) groups excluding carboxylic acids is 1. The van der Waals surface area contributed by atoms with Crippen LogP contribution < -0.4 is 0 Å². The van der Waals surface area contributed by atoms with E-state index < -0.39 is 0 Å². The van der Waals surface area contributed by atoms with Crippen LogP contribution >= 0.6 is 0 Å². The molecule has 2 aromatic rings. The van der Waals surface area contributed by atoms with Crippen LogP contribution in [0.4, 0.5) is 4.39 Å². The summed E-state index contributed by atoms with van der Waals surface area (Å²) in [6.07, 6.45) is 2.70. The van der Waals surface area contributed by atoms with Gasteiger partial charge >= 0.3 is 0 Å². The molecule has 1 aromatic carbocycles. The molecule has 3 rings (SSSR count). The summed E-state index contributed by atoms with van der Waals surface area (Å²) in [6, 6.07) is 6.00. The van der Waals surface area contributed by atoms with E-state index in [1.165, 1.54) is 12.1 Å². The molecular weight excluding hydrogens is 309 g/mol. The topological polar surface area (TPSA) is 59.2 Å². The number of halogens is 1. The Labute approximate surface area is 140 Å². The lowest BCUT2D eigenvalue weighted by molar-refractivity contribution is -0.136. The van der Waals surface area contributed by atoms with Gasteiger partial charge in [0.1, 0.15) is 5.82 Å². The molecule has 5 nitrogen and oxygen atoms in total. The molecule has 24 heavy (non-hydrogen) atoms. The highest BCUT2D eigenvalue weighted by atomic mass is 19.1. The maximum Gasteiger partial charge on any atom is 0.231 e. The fourth-order valence-electron chi connectivity index (χ4n) is 2.98. The summed E-state index contributed by atoms with van der Waals surface area (Å²) < 4.78 is 18.4. The molecule has 1 aliphatic rings. The first-order chi connectivity index (χ1) is 11.6. The van der Waals surface area contributed by atoms with Crippen LogP contribution in [0.3, 0.4) is 0 Å². The van der Waals surface area contributed by atoms with Gasteiger partial charge in [-0.15, -0.1) is 0 Å². The maximum atomic E-state index is 13.0. The van der Waals surface area contributed by atoms with Crippen LogP contribution in [0.5, 0.6) is 0 Å². The summed E-state index contributed by atoms with van der Waals surface area (Å²) in [6.45, 7) is 5.40. The van der Waals surface area contributed by atoms with E-state index in [0.29, 0.717) is 18.3 Å². The molecule has 2 atom stereocenters. The van der Waals surface area contributed by atoms with Gasteiger partial charge in [0, 0.05) is 24.6 Å². The molecule has 128 valence electrons. The first kappa shape index (κ1) is 16.6. The molecule has 2 heterocycles. The Morgan fingerprint density at radius 3 is 2.88 bits per heavy atom. The van der Waals surface area contributed by atoms with Gasteiger partial charge in [0.15, 0.2) is 0 Å². The van der Waals surface area contributed by atoms with Crippen LogP contribution in [-0.2, 0) is 4.79 Å². The van der Waals surface area contributed by atoms with E-state index >= 15 is 0 Å². The standard InChI is InChI=1S/C18H22FN3O2/c1-3-12(2)18(23)22-10-4-5-14(11-22)17-20-16(21-24-17)13-6-8-15(19)9-7-13/h6-9,12,14H,3-5,10-11H2,1-2H3. The van der Waals surface area contributed by atoms with E-state index in [4.69, 9.17) is 4.52 Å². The third-order valence-corrected chi connectivity index (χ3v) is 4.66. The Morgan fingerprint density at radius 1 is 1.42 bits per heavy atom. The smallest absolute Gasteiger partial charge is 0.231 e. The fourth-order valence-corrected chi connectivity index (χ4v) is 2.98. The average Bonchev–Trinajstić information content (AvgIpc) is 3.11. The number of amides is 1. The minimum atomic E-state index is -0.297. The summed E-state index contributed by atoms with van der Waals surface area (Å²) >= 11 is 0. The summed E-state index contributed by atoms with van der Waals surface area (Å²) in [5.74, 6) is 1.01. The van der Waals surface area contributed by atoms with Crippen LogP contribution in [0.25, 0.3) is 11.4 Å². The van der Waals surface area contributed by atoms with Crippen molar-refractivity contribution in [2.45, 2.75) is 39.0 Å². The fraction of sp³-hybridized carbons (Fsp3) is 0.500. The number of aromatic nitrogens is 2. The molecule has 1 aromatic heterocycles. The molecule has 1 aliphatic heterocycles. The number of likely N-dealkylation sites (tertiary alicyclic amines) is 1. The summed E-state index contributed by atoms with van der Waals surface area (Å²) in [4.78, 5) is 18.7. The number of hydrogen-bond acceptors (Lipinski definition) is 4. The Hall–Kier alpha value is -2.24. The van der Waals surface area contributed by atoms with Gasteiger partial charge in [-0.1, -0.05) is 19.0 Å². The van der Waals surface area contributed by atoms with Crippen LogP contribution in [0.15, 0.2) is 28.8 Å². The zero-order valence-corrected chi connectivity index (χ0v) is 14.0. The summed E-state index contributed by atoms with van der Waals surface area (Å²) in [5.41, 5.74) is 0.717. The monoisotopic (exact) mass is 331 g/mol. The minimum Gasteiger partial charge on any atom is -0.342 e. The van der Waals surface area contributed by atoms with Crippen molar-refractivity contribution in [2.24, 2.45) is 5.92 Å². The van der Waals surface area contributed by atoms with E-state index in [9.17, 15) is 9.18 Å². The lowest BCUT2D eigenvalue weighted by atomic mass is 9.96. The third kappa shape index (κ3) is 3.47. The molecule has 1 fully saturated rings. The van der Waals surface area contributed by atoms with E-state index in [1.54, 1.807) is 12.1 Å². The average molecular weight is 331 g/mol. The van der Waals surface area contributed by atoms with Crippen molar-refractivity contribution < 1.29 is 13.7 Å². The predicted octanol–water partition coefficient (Wildman–Crippen LogP) is 3.63. The van der Waals surface area contributed by atoms with Crippen molar-refractivity contribution in [1.82, 2.24) is 15.0 Å². The maximum absolute atomic E-state index is 13.0. The van der Waals surface area contributed by atoms with Crippen LogP contribution in [-0.4, -0.2) is 34.0 Å². The van der Waals surface area contributed by atoms with Gasteiger partial charge in [-0.2, -0.15) is 4.98 Å². The van der Waals surface area contributed by atoms with Gasteiger partial charge in [-0.3, -0.25) is 4.79 Å². The van der Waals surface area contributed by atoms with E-state index in [-0.39, 0.29) is 23.6 Å². The van der Waals surface area contributed by atoms with Crippen LogP contribution in [0, 0.1) is 11.7 Å². The van der Waals surface area contributed by atoms with Gasteiger partial charge < -0.3 is 9.42 Å². The van der Waals surface area contributed by atoms with E-state index in [0.717, 1.165) is 31.4 Å². The molecule has 0 N–H and O–H groups in total. The van der Waals surface area contributed by atoms with Crippen LogP contribution in [0.2, 0.25) is 0 Å². The number of rotatable bonds is 4. The molecule has 6 heteroatoms. The second-order valence-corrected chi connectivity index (χ2v) is 6.40. The largest absolute Gasteiger partial charge is 0.342 e. The first-order valence-corrected chi connectivity index (χ1v) is 8.46. The minimum absolute atomic E-state index is 0.0428. The Bertz CT molecular complexity index is 699. The zero-order chi connectivity index (χ0) is 17.1. The van der Waals surface area contributed by atoms with Crippen molar-refractivity contribution in [3.8, 4) is 11.4 Å². The Morgan fingerprint density at radius 2 is 2.17 bits per heavy atom. The molecule has 0 bridgehead atoms. The van der Waals surface area contributed by atoms with Crippen molar-refractivity contribution in [3.05, 3.63) is 36.0 Å². The predicted molar refractivity (Wildman–Crippen MR) is 87.7 cm³/mol. The molecular formula is C18H22FN3O2. The van der Waals surface area contributed by atoms with Crippen LogP contribution in [0.1, 0.15) is 44.9 Å².